The minimum atomic E-state index is -0.569. The lowest BCUT2D eigenvalue weighted by atomic mass is 9.81. The van der Waals surface area contributed by atoms with E-state index in [2.05, 4.69) is 20.8 Å². The molecule has 13 heavy (non-hydrogen) atoms. The predicted octanol–water partition coefficient (Wildman–Crippen LogP) is 2.39. The fraction of sp³-hybridized carbons (Fsp3) is 0.909. The van der Waals surface area contributed by atoms with Crippen LogP contribution >= 0.6 is 0 Å². The minimum Gasteiger partial charge on any atom is -0.481 e. The molecule has 74 valence electrons. The molecule has 0 spiro atoms. The van der Waals surface area contributed by atoms with Crippen LogP contribution in [0.5, 0.6) is 0 Å². The summed E-state index contributed by atoms with van der Waals surface area (Å²) < 4.78 is 0. The minimum absolute atomic E-state index is 0.0625. The van der Waals surface area contributed by atoms with Gasteiger partial charge in [-0.05, 0) is 36.0 Å². The van der Waals surface area contributed by atoms with Gasteiger partial charge >= 0.3 is 5.97 Å². The highest BCUT2D eigenvalue weighted by molar-refractivity contribution is 5.72. The molecule has 2 heteroatoms. The second-order valence-electron chi connectivity index (χ2n) is 5.18. The van der Waals surface area contributed by atoms with E-state index < -0.39 is 5.97 Å². The van der Waals surface area contributed by atoms with Gasteiger partial charge in [-0.15, -0.1) is 0 Å². The van der Waals surface area contributed by atoms with Crippen LogP contribution < -0.4 is 0 Å². The Morgan fingerprint density at radius 3 is 2.46 bits per heavy atom. The molecule has 0 radical (unpaired) electrons. The number of carboxylic acid groups (broad SMARTS) is 1. The van der Waals surface area contributed by atoms with Gasteiger partial charge in [0.05, 0.1) is 5.92 Å². The lowest BCUT2D eigenvalue weighted by Gasteiger charge is -2.23. The molecule has 0 saturated heterocycles. The summed E-state index contributed by atoms with van der Waals surface area (Å²) in [6.07, 6.45) is 2.06. The summed E-state index contributed by atoms with van der Waals surface area (Å²) in [6, 6.07) is 0. The summed E-state index contributed by atoms with van der Waals surface area (Å²) in [4.78, 5) is 11.1. The highest BCUT2D eigenvalue weighted by Gasteiger charge is 2.68. The molecule has 2 saturated carbocycles. The molecule has 0 heterocycles. The predicted molar refractivity (Wildman–Crippen MR) is 50.3 cm³/mol. The van der Waals surface area contributed by atoms with Gasteiger partial charge < -0.3 is 5.11 Å². The Morgan fingerprint density at radius 1 is 1.54 bits per heavy atom. The molecule has 0 aromatic heterocycles. The second-order valence-corrected chi connectivity index (χ2v) is 5.18. The first-order chi connectivity index (χ1) is 6.00. The SMILES string of the molecule is CC1CC(C(=O)O)C2(C(C)C)CC12. The van der Waals surface area contributed by atoms with Crippen LogP contribution in [-0.2, 0) is 4.79 Å². The van der Waals surface area contributed by atoms with E-state index in [0.717, 1.165) is 12.8 Å². The van der Waals surface area contributed by atoms with E-state index in [1.165, 1.54) is 0 Å². The van der Waals surface area contributed by atoms with Crippen LogP contribution in [0.25, 0.3) is 0 Å². The van der Waals surface area contributed by atoms with Crippen molar-refractivity contribution in [2.45, 2.75) is 33.6 Å². The summed E-state index contributed by atoms with van der Waals surface area (Å²) in [7, 11) is 0. The van der Waals surface area contributed by atoms with Gasteiger partial charge in [0.2, 0.25) is 0 Å². The number of hydrogen-bond acceptors (Lipinski definition) is 1. The molecular weight excluding hydrogens is 164 g/mol. The van der Waals surface area contributed by atoms with Gasteiger partial charge in [0.25, 0.3) is 0 Å². The van der Waals surface area contributed by atoms with Crippen molar-refractivity contribution in [3.05, 3.63) is 0 Å². The fourth-order valence-corrected chi connectivity index (χ4v) is 3.61. The molecule has 2 aliphatic carbocycles. The van der Waals surface area contributed by atoms with Crippen LogP contribution in [0.4, 0.5) is 0 Å². The largest absolute Gasteiger partial charge is 0.481 e. The molecule has 1 N–H and O–H groups in total. The Morgan fingerprint density at radius 2 is 2.15 bits per heavy atom. The van der Waals surface area contributed by atoms with Gasteiger partial charge in [-0.3, -0.25) is 4.79 Å². The maximum atomic E-state index is 11.1. The highest BCUT2D eigenvalue weighted by atomic mass is 16.4. The van der Waals surface area contributed by atoms with Gasteiger partial charge in [0.15, 0.2) is 0 Å². The lowest BCUT2D eigenvalue weighted by Crippen LogP contribution is -2.26. The molecule has 2 fully saturated rings. The molecule has 0 amide bonds. The monoisotopic (exact) mass is 182 g/mol. The third-order valence-electron chi connectivity index (χ3n) is 4.42. The van der Waals surface area contributed by atoms with E-state index in [0.29, 0.717) is 17.8 Å². The van der Waals surface area contributed by atoms with Gasteiger partial charge in [-0.25, -0.2) is 0 Å². The number of hydrogen-bond donors (Lipinski definition) is 1. The zero-order valence-corrected chi connectivity index (χ0v) is 8.58. The van der Waals surface area contributed by atoms with Crippen molar-refractivity contribution in [1.82, 2.24) is 0 Å². The van der Waals surface area contributed by atoms with Crippen molar-refractivity contribution in [3.63, 3.8) is 0 Å². The zero-order chi connectivity index (χ0) is 9.80. The third kappa shape index (κ3) is 0.976. The molecular formula is C11H18O2. The van der Waals surface area contributed by atoms with Gasteiger partial charge in [-0.1, -0.05) is 20.8 Å². The second kappa shape index (κ2) is 2.49. The highest BCUT2D eigenvalue weighted by Crippen LogP contribution is 2.72. The van der Waals surface area contributed by atoms with E-state index in [9.17, 15) is 4.79 Å². The maximum Gasteiger partial charge on any atom is 0.307 e. The average Bonchev–Trinajstić information content (AvgIpc) is 2.69. The summed E-state index contributed by atoms with van der Waals surface area (Å²) in [5, 5.41) is 9.14. The fourth-order valence-electron chi connectivity index (χ4n) is 3.61. The molecule has 0 aromatic rings. The Kier molecular flexibility index (Phi) is 1.73. The van der Waals surface area contributed by atoms with Gasteiger partial charge in [0, 0.05) is 0 Å². The van der Waals surface area contributed by atoms with E-state index in [4.69, 9.17) is 5.11 Å². The molecule has 4 unspecified atom stereocenters. The molecule has 4 atom stereocenters. The van der Waals surface area contributed by atoms with Gasteiger partial charge in [-0.2, -0.15) is 0 Å². The summed E-state index contributed by atoms with van der Waals surface area (Å²) in [5.74, 6) is 1.23. The Balaban J connectivity index is 2.25. The Bertz CT molecular complexity index is 246. The first-order valence-electron chi connectivity index (χ1n) is 5.23. The van der Waals surface area contributed by atoms with E-state index in [-0.39, 0.29) is 11.3 Å². The molecule has 0 bridgehead atoms. The number of carbonyl (C=O) groups is 1. The van der Waals surface area contributed by atoms with Crippen molar-refractivity contribution in [2.24, 2.45) is 29.1 Å². The first kappa shape index (κ1) is 9.04. The molecule has 2 aliphatic rings. The molecule has 2 rings (SSSR count). The number of fused-ring (bicyclic) bond motifs is 1. The Labute approximate surface area is 79.3 Å². The van der Waals surface area contributed by atoms with Crippen LogP contribution in [0.2, 0.25) is 0 Å². The van der Waals surface area contributed by atoms with Crippen LogP contribution in [0, 0.1) is 29.1 Å². The van der Waals surface area contributed by atoms with E-state index in [1.54, 1.807) is 0 Å². The van der Waals surface area contributed by atoms with Crippen molar-refractivity contribution >= 4 is 5.97 Å². The molecule has 0 aliphatic heterocycles. The van der Waals surface area contributed by atoms with Gasteiger partial charge in [0.1, 0.15) is 0 Å². The number of rotatable bonds is 2. The van der Waals surface area contributed by atoms with Crippen molar-refractivity contribution in [2.75, 3.05) is 0 Å². The van der Waals surface area contributed by atoms with Crippen LogP contribution in [0.1, 0.15) is 33.6 Å². The number of carboxylic acids is 1. The smallest absolute Gasteiger partial charge is 0.307 e. The van der Waals surface area contributed by atoms with Crippen molar-refractivity contribution < 1.29 is 9.90 Å². The standard InChI is InChI=1S/C11H18O2/c1-6(2)11-5-9(11)7(3)4-8(11)10(12)13/h6-9H,4-5H2,1-3H3,(H,12,13). The normalized spacial score (nSPS) is 47.8. The summed E-state index contributed by atoms with van der Waals surface area (Å²) in [5.41, 5.74) is 0.172. The summed E-state index contributed by atoms with van der Waals surface area (Å²) >= 11 is 0. The zero-order valence-electron chi connectivity index (χ0n) is 8.58. The third-order valence-corrected chi connectivity index (χ3v) is 4.42. The van der Waals surface area contributed by atoms with Crippen LogP contribution in [0.3, 0.4) is 0 Å². The maximum absolute atomic E-state index is 11.1. The average molecular weight is 182 g/mol. The molecule has 0 aromatic carbocycles. The van der Waals surface area contributed by atoms with Crippen molar-refractivity contribution in [1.29, 1.82) is 0 Å². The van der Waals surface area contributed by atoms with Crippen LogP contribution in [0.15, 0.2) is 0 Å². The topological polar surface area (TPSA) is 37.3 Å². The van der Waals surface area contributed by atoms with Crippen LogP contribution in [-0.4, -0.2) is 11.1 Å². The Hall–Kier alpha value is -0.530. The summed E-state index contributed by atoms with van der Waals surface area (Å²) in [6.45, 7) is 6.56. The first-order valence-corrected chi connectivity index (χ1v) is 5.23. The lowest BCUT2D eigenvalue weighted by molar-refractivity contribution is -0.144. The van der Waals surface area contributed by atoms with Crippen molar-refractivity contribution in [3.8, 4) is 0 Å². The molecule has 2 nitrogen and oxygen atoms in total. The quantitative estimate of drug-likeness (QED) is 0.712. The number of aliphatic carboxylic acids is 1. The van der Waals surface area contributed by atoms with E-state index in [1.807, 2.05) is 0 Å². The van der Waals surface area contributed by atoms with E-state index >= 15 is 0 Å².